The summed E-state index contributed by atoms with van der Waals surface area (Å²) in [4.78, 5) is 15.5. The van der Waals surface area contributed by atoms with E-state index in [1.165, 1.54) is 10.5 Å². The van der Waals surface area contributed by atoms with Crippen LogP contribution in [0.3, 0.4) is 0 Å². The highest BCUT2D eigenvalue weighted by Gasteiger charge is 2.14. The van der Waals surface area contributed by atoms with Gasteiger partial charge < -0.3 is 5.32 Å². The molecule has 1 aromatic carbocycles. The van der Waals surface area contributed by atoms with E-state index in [9.17, 15) is 4.79 Å². The van der Waals surface area contributed by atoms with E-state index in [1.807, 2.05) is 32.8 Å². The number of amides is 1. The third-order valence-corrected chi connectivity index (χ3v) is 4.54. The highest BCUT2D eigenvalue weighted by Crippen LogP contribution is 2.18. The Morgan fingerprint density at radius 2 is 1.96 bits per heavy atom. The molecule has 0 aliphatic heterocycles. The average Bonchev–Trinajstić information content (AvgIpc) is 2.74. The summed E-state index contributed by atoms with van der Waals surface area (Å²) in [5.41, 5.74) is 3.82. The number of aryl methyl sites for hydroxylation is 2. The number of likely N-dealkylation sites (N-methyl/N-ethyl adjacent to an activating group) is 1. The van der Waals surface area contributed by atoms with Gasteiger partial charge in [-0.3, -0.25) is 14.4 Å². The van der Waals surface area contributed by atoms with Crippen molar-refractivity contribution >= 4 is 23.4 Å². The first-order chi connectivity index (χ1) is 10.9. The second-order valence-electron chi connectivity index (χ2n) is 5.74. The summed E-state index contributed by atoms with van der Waals surface area (Å²) >= 11 is 1.73. The fourth-order valence-electron chi connectivity index (χ4n) is 2.48. The molecule has 1 amide bonds. The lowest BCUT2D eigenvalue weighted by molar-refractivity contribution is -0.117. The van der Waals surface area contributed by atoms with E-state index in [0.717, 1.165) is 23.6 Å². The van der Waals surface area contributed by atoms with Gasteiger partial charge in [0.05, 0.1) is 23.6 Å². The van der Waals surface area contributed by atoms with Crippen LogP contribution in [0, 0.1) is 13.8 Å². The highest BCUT2D eigenvalue weighted by molar-refractivity contribution is 7.98. The second kappa shape index (κ2) is 7.66. The summed E-state index contributed by atoms with van der Waals surface area (Å²) in [7, 11) is 3.83. The number of nitrogens with zero attached hydrogens (tertiary/aromatic N) is 3. The fraction of sp³-hybridized carbons (Fsp3) is 0.412. The normalized spacial score (nSPS) is 11.0. The van der Waals surface area contributed by atoms with E-state index < -0.39 is 0 Å². The first kappa shape index (κ1) is 17.6. The van der Waals surface area contributed by atoms with Gasteiger partial charge in [-0.25, -0.2) is 0 Å². The maximum Gasteiger partial charge on any atom is 0.238 e. The molecule has 0 saturated heterocycles. The first-order valence-corrected chi connectivity index (χ1v) is 8.74. The Morgan fingerprint density at radius 1 is 1.30 bits per heavy atom. The van der Waals surface area contributed by atoms with E-state index in [2.05, 4.69) is 40.9 Å². The maximum atomic E-state index is 12.2. The molecule has 23 heavy (non-hydrogen) atoms. The molecule has 1 heterocycles. The van der Waals surface area contributed by atoms with Gasteiger partial charge >= 0.3 is 0 Å². The second-order valence-corrected chi connectivity index (χ2v) is 6.62. The van der Waals surface area contributed by atoms with Crippen molar-refractivity contribution in [3.63, 3.8) is 0 Å². The molecule has 1 N–H and O–H groups in total. The lowest BCUT2D eigenvalue weighted by Gasteiger charge is -2.16. The predicted molar refractivity (Wildman–Crippen MR) is 95.9 cm³/mol. The maximum absolute atomic E-state index is 12.2. The van der Waals surface area contributed by atoms with Gasteiger partial charge in [-0.15, -0.1) is 11.8 Å². The molecular weight excluding hydrogens is 308 g/mol. The molecule has 0 atom stereocenters. The van der Waals surface area contributed by atoms with Crippen LogP contribution in [-0.2, 0) is 18.4 Å². The number of carbonyl (C=O) groups is 1. The van der Waals surface area contributed by atoms with Gasteiger partial charge in [-0.05, 0) is 44.8 Å². The molecule has 0 saturated carbocycles. The van der Waals surface area contributed by atoms with Crippen molar-refractivity contribution in [2.75, 3.05) is 25.2 Å². The van der Waals surface area contributed by atoms with E-state index in [-0.39, 0.29) is 5.91 Å². The van der Waals surface area contributed by atoms with Crippen LogP contribution in [0.25, 0.3) is 0 Å². The smallest absolute Gasteiger partial charge is 0.238 e. The summed E-state index contributed by atoms with van der Waals surface area (Å²) in [6, 6.07) is 8.43. The van der Waals surface area contributed by atoms with Crippen molar-refractivity contribution in [2.45, 2.75) is 25.3 Å². The molecule has 0 bridgehead atoms. The van der Waals surface area contributed by atoms with E-state index in [4.69, 9.17) is 0 Å². The Hall–Kier alpha value is -1.79. The number of hydrogen-bond acceptors (Lipinski definition) is 4. The molecule has 5 nitrogen and oxygen atoms in total. The Bertz CT molecular complexity index is 679. The molecule has 2 rings (SSSR count). The molecule has 124 valence electrons. The van der Waals surface area contributed by atoms with Gasteiger partial charge in [-0.2, -0.15) is 5.10 Å². The predicted octanol–water partition coefficient (Wildman–Crippen LogP) is 2.83. The van der Waals surface area contributed by atoms with Gasteiger partial charge in [-0.1, -0.05) is 12.1 Å². The minimum absolute atomic E-state index is 0.0209. The molecule has 0 spiro atoms. The minimum Gasteiger partial charge on any atom is -0.322 e. The molecule has 1 aromatic heterocycles. The van der Waals surface area contributed by atoms with Crippen LogP contribution >= 0.6 is 11.8 Å². The van der Waals surface area contributed by atoms with E-state index in [0.29, 0.717) is 6.54 Å². The summed E-state index contributed by atoms with van der Waals surface area (Å²) in [6.45, 7) is 4.94. The van der Waals surface area contributed by atoms with Crippen molar-refractivity contribution in [1.29, 1.82) is 0 Å². The van der Waals surface area contributed by atoms with Gasteiger partial charge in [0.15, 0.2) is 0 Å². The van der Waals surface area contributed by atoms with Crippen LogP contribution < -0.4 is 5.32 Å². The lowest BCUT2D eigenvalue weighted by Crippen LogP contribution is -2.30. The first-order valence-electron chi connectivity index (χ1n) is 7.52. The SMILES string of the molecule is CSc1ccc(CN(C)CC(=O)Nc2c(C)nn(C)c2C)cc1. The number of aromatic nitrogens is 2. The van der Waals surface area contributed by atoms with Crippen LogP contribution in [0.1, 0.15) is 17.0 Å². The standard InChI is InChI=1S/C17H24N4OS/c1-12-17(13(2)21(4)19-12)18-16(22)11-20(3)10-14-6-8-15(23-5)9-7-14/h6-9H,10-11H2,1-5H3,(H,18,22). The van der Waals surface area contributed by atoms with Crippen molar-refractivity contribution in [3.05, 3.63) is 41.2 Å². The van der Waals surface area contributed by atoms with Crippen molar-refractivity contribution < 1.29 is 4.79 Å². The number of benzene rings is 1. The molecular formula is C17H24N4OS. The van der Waals surface area contributed by atoms with Crippen LogP contribution in [0.4, 0.5) is 5.69 Å². The monoisotopic (exact) mass is 332 g/mol. The van der Waals surface area contributed by atoms with Gasteiger partial charge in [0, 0.05) is 18.5 Å². The summed E-state index contributed by atoms with van der Waals surface area (Å²) in [5, 5.41) is 7.28. The number of rotatable bonds is 6. The molecule has 0 unspecified atom stereocenters. The zero-order valence-corrected chi connectivity index (χ0v) is 15.2. The average molecular weight is 332 g/mol. The summed E-state index contributed by atoms with van der Waals surface area (Å²) in [5.74, 6) is -0.0209. The Labute approximate surface area is 142 Å². The van der Waals surface area contributed by atoms with Crippen molar-refractivity contribution in [1.82, 2.24) is 14.7 Å². The minimum atomic E-state index is -0.0209. The van der Waals surface area contributed by atoms with Gasteiger partial charge in [0.1, 0.15) is 0 Å². The summed E-state index contributed by atoms with van der Waals surface area (Å²) < 4.78 is 1.78. The topological polar surface area (TPSA) is 50.2 Å². The Morgan fingerprint density at radius 3 is 2.48 bits per heavy atom. The molecule has 6 heteroatoms. The van der Waals surface area contributed by atoms with Crippen molar-refractivity contribution in [2.24, 2.45) is 7.05 Å². The molecule has 0 aliphatic carbocycles. The Balaban J connectivity index is 1.91. The van der Waals surface area contributed by atoms with E-state index >= 15 is 0 Å². The van der Waals surface area contributed by atoms with Crippen LogP contribution in [0.5, 0.6) is 0 Å². The largest absolute Gasteiger partial charge is 0.322 e. The number of thioether (sulfide) groups is 1. The number of anilines is 1. The quantitative estimate of drug-likeness (QED) is 0.827. The molecule has 0 radical (unpaired) electrons. The molecule has 0 fully saturated rings. The lowest BCUT2D eigenvalue weighted by atomic mass is 10.2. The zero-order valence-electron chi connectivity index (χ0n) is 14.4. The van der Waals surface area contributed by atoms with Crippen LogP contribution in [0.2, 0.25) is 0 Å². The van der Waals surface area contributed by atoms with Gasteiger partial charge in [0.25, 0.3) is 0 Å². The van der Waals surface area contributed by atoms with E-state index in [1.54, 1.807) is 16.4 Å². The summed E-state index contributed by atoms with van der Waals surface area (Å²) in [6.07, 6.45) is 2.06. The molecule has 0 aliphatic rings. The van der Waals surface area contributed by atoms with Crippen LogP contribution in [0.15, 0.2) is 29.2 Å². The number of nitrogens with one attached hydrogen (secondary N) is 1. The van der Waals surface area contributed by atoms with Gasteiger partial charge in [0.2, 0.25) is 5.91 Å². The Kier molecular flexibility index (Phi) is 5.85. The molecule has 2 aromatic rings. The fourth-order valence-corrected chi connectivity index (χ4v) is 2.89. The zero-order chi connectivity index (χ0) is 17.0. The highest BCUT2D eigenvalue weighted by atomic mass is 32.2. The third-order valence-electron chi connectivity index (χ3n) is 3.80. The van der Waals surface area contributed by atoms with Crippen molar-refractivity contribution in [3.8, 4) is 0 Å². The van der Waals surface area contributed by atoms with Crippen LogP contribution in [-0.4, -0.2) is 40.4 Å². The number of carbonyl (C=O) groups excluding carboxylic acids is 1. The third kappa shape index (κ3) is 4.59. The number of hydrogen-bond donors (Lipinski definition) is 1.